The second-order valence-corrected chi connectivity index (χ2v) is 9.83. The maximum atomic E-state index is 13.8. The molecule has 2 atom stereocenters. The van der Waals surface area contributed by atoms with Crippen molar-refractivity contribution in [3.8, 4) is 0 Å². The number of hydrogen-bond donors (Lipinski definition) is 3. The van der Waals surface area contributed by atoms with Gasteiger partial charge in [-0.25, -0.2) is 4.79 Å². The zero-order chi connectivity index (χ0) is 27.2. The second-order valence-electron chi connectivity index (χ2n) is 9.83. The van der Waals surface area contributed by atoms with Gasteiger partial charge in [0.25, 0.3) is 0 Å². The van der Waals surface area contributed by atoms with E-state index < -0.39 is 53.9 Å². The van der Waals surface area contributed by atoms with Gasteiger partial charge < -0.3 is 30.7 Å². The monoisotopic (exact) mass is 504 g/mol. The lowest BCUT2D eigenvalue weighted by Gasteiger charge is -2.35. The number of aryl methyl sites for hydroxylation is 1. The van der Waals surface area contributed by atoms with Gasteiger partial charge in [0, 0.05) is 6.04 Å². The first kappa shape index (κ1) is 28.6. The quantitative estimate of drug-likeness (QED) is 0.406. The summed E-state index contributed by atoms with van der Waals surface area (Å²) < 4.78 is 9.87. The van der Waals surface area contributed by atoms with E-state index in [2.05, 4.69) is 15.4 Å². The van der Waals surface area contributed by atoms with Gasteiger partial charge in [-0.2, -0.15) is 0 Å². The van der Waals surface area contributed by atoms with E-state index in [1.807, 2.05) is 19.9 Å². The summed E-state index contributed by atoms with van der Waals surface area (Å²) in [6, 6.07) is 2.61. The highest BCUT2D eigenvalue weighted by Crippen LogP contribution is 2.37. The number of ether oxygens (including phenoxy) is 2. The highest BCUT2D eigenvalue weighted by atomic mass is 16.6. The Balaban J connectivity index is 2.49. The van der Waals surface area contributed by atoms with Crippen LogP contribution in [0.25, 0.3) is 0 Å². The molecule has 11 nitrogen and oxygen atoms in total. The minimum atomic E-state index is -1.35. The van der Waals surface area contributed by atoms with Gasteiger partial charge in [-0.15, -0.1) is 0 Å². The molecule has 0 aliphatic heterocycles. The lowest BCUT2D eigenvalue weighted by Crippen LogP contribution is -2.55. The summed E-state index contributed by atoms with van der Waals surface area (Å²) in [5.74, 6) is -2.70. The molecule has 2 unspecified atom stereocenters. The molecule has 1 aliphatic carbocycles. The first-order valence-corrected chi connectivity index (χ1v) is 11.8. The van der Waals surface area contributed by atoms with Crippen molar-refractivity contribution >= 4 is 29.8 Å². The standard InChI is InChI=1S/C25H36N4O7/c1-14-8-7-9-17(15(14)2)21(22(32)27-13-20(31)35-6)29(16-10-11-16)23(33)18(12-19(26)30)28-24(34)36-25(3,4)5/h7-9,16,18,21H,10-13H2,1-6H3,(H2,26,30)(H,27,32)(H,28,34). The molecule has 36 heavy (non-hydrogen) atoms. The van der Waals surface area contributed by atoms with Gasteiger partial charge in [0.1, 0.15) is 24.2 Å². The van der Waals surface area contributed by atoms with Gasteiger partial charge in [0.2, 0.25) is 17.7 Å². The molecule has 0 spiro atoms. The van der Waals surface area contributed by atoms with Crippen LogP contribution in [-0.4, -0.2) is 66.0 Å². The Morgan fingerprint density at radius 2 is 1.78 bits per heavy atom. The molecule has 0 radical (unpaired) electrons. The Kier molecular flexibility index (Phi) is 9.43. The number of carbonyl (C=O) groups is 5. The fourth-order valence-corrected chi connectivity index (χ4v) is 3.72. The van der Waals surface area contributed by atoms with E-state index in [0.29, 0.717) is 18.4 Å². The predicted molar refractivity (Wildman–Crippen MR) is 131 cm³/mol. The first-order valence-electron chi connectivity index (χ1n) is 11.8. The Hall–Kier alpha value is -3.63. The van der Waals surface area contributed by atoms with Crippen molar-refractivity contribution in [3.63, 3.8) is 0 Å². The molecule has 1 aromatic carbocycles. The van der Waals surface area contributed by atoms with Crippen molar-refractivity contribution in [2.75, 3.05) is 13.7 Å². The second kappa shape index (κ2) is 11.9. The summed E-state index contributed by atoms with van der Waals surface area (Å²) in [5, 5.41) is 4.98. The molecule has 4 N–H and O–H groups in total. The normalized spacial score (nSPS) is 14.7. The van der Waals surface area contributed by atoms with E-state index in [9.17, 15) is 24.0 Å². The third kappa shape index (κ3) is 7.96. The molecule has 198 valence electrons. The number of carbonyl (C=O) groups excluding carboxylic acids is 5. The van der Waals surface area contributed by atoms with Gasteiger partial charge >= 0.3 is 12.1 Å². The molecule has 0 saturated heterocycles. The van der Waals surface area contributed by atoms with E-state index in [4.69, 9.17) is 10.5 Å². The highest BCUT2D eigenvalue weighted by Gasteiger charge is 2.45. The van der Waals surface area contributed by atoms with E-state index >= 15 is 0 Å². The van der Waals surface area contributed by atoms with Crippen LogP contribution in [0.4, 0.5) is 4.79 Å². The van der Waals surface area contributed by atoms with Crippen LogP contribution in [0.5, 0.6) is 0 Å². The summed E-state index contributed by atoms with van der Waals surface area (Å²) >= 11 is 0. The fourth-order valence-electron chi connectivity index (χ4n) is 3.72. The molecule has 1 aromatic rings. The first-order chi connectivity index (χ1) is 16.7. The number of rotatable bonds is 10. The summed E-state index contributed by atoms with van der Waals surface area (Å²) in [6.45, 7) is 8.32. The van der Waals surface area contributed by atoms with Crippen molar-refractivity contribution in [2.45, 2.75) is 77.6 Å². The number of amides is 4. The van der Waals surface area contributed by atoms with Crippen molar-refractivity contribution in [2.24, 2.45) is 5.73 Å². The van der Waals surface area contributed by atoms with Gasteiger partial charge in [-0.3, -0.25) is 19.2 Å². The number of alkyl carbamates (subject to hydrolysis) is 1. The van der Waals surface area contributed by atoms with Crippen LogP contribution < -0.4 is 16.4 Å². The molecule has 0 heterocycles. The SMILES string of the molecule is COC(=O)CNC(=O)C(c1cccc(C)c1C)N(C(=O)C(CC(N)=O)NC(=O)OC(C)(C)C)C1CC1. The summed E-state index contributed by atoms with van der Waals surface area (Å²) in [4.78, 5) is 64.6. The van der Waals surface area contributed by atoms with Crippen molar-refractivity contribution < 1.29 is 33.4 Å². The third-order valence-corrected chi connectivity index (χ3v) is 5.69. The van der Waals surface area contributed by atoms with Crippen molar-refractivity contribution in [1.29, 1.82) is 0 Å². The maximum absolute atomic E-state index is 13.8. The minimum absolute atomic E-state index is 0.304. The number of hydrogen-bond acceptors (Lipinski definition) is 7. The highest BCUT2D eigenvalue weighted by molar-refractivity contribution is 5.95. The number of benzene rings is 1. The van der Waals surface area contributed by atoms with Crippen LogP contribution in [0.3, 0.4) is 0 Å². The number of nitrogens with two attached hydrogens (primary N) is 1. The van der Waals surface area contributed by atoms with Crippen molar-refractivity contribution in [1.82, 2.24) is 15.5 Å². The lowest BCUT2D eigenvalue weighted by atomic mass is 9.94. The Morgan fingerprint density at radius 1 is 1.14 bits per heavy atom. The molecule has 1 aliphatic rings. The molecular formula is C25H36N4O7. The fraction of sp³-hybridized carbons (Fsp3) is 0.560. The van der Waals surface area contributed by atoms with Gasteiger partial charge in [0.15, 0.2) is 0 Å². The number of nitrogens with zero attached hydrogens (tertiary/aromatic N) is 1. The Bertz CT molecular complexity index is 1010. The summed E-state index contributed by atoms with van der Waals surface area (Å²) in [6.07, 6.45) is -0.110. The summed E-state index contributed by atoms with van der Waals surface area (Å²) in [7, 11) is 1.20. The Labute approximate surface area is 211 Å². The lowest BCUT2D eigenvalue weighted by molar-refractivity contribution is -0.145. The van der Waals surface area contributed by atoms with Gasteiger partial charge in [-0.1, -0.05) is 18.2 Å². The molecule has 0 bridgehead atoms. The third-order valence-electron chi connectivity index (χ3n) is 5.69. The maximum Gasteiger partial charge on any atom is 0.408 e. The van der Waals surface area contributed by atoms with E-state index in [-0.39, 0.29) is 12.6 Å². The van der Waals surface area contributed by atoms with Crippen LogP contribution in [0, 0.1) is 13.8 Å². The van der Waals surface area contributed by atoms with E-state index in [0.717, 1.165) is 11.1 Å². The average molecular weight is 505 g/mol. The van der Waals surface area contributed by atoms with E-state index in [1.165, 1.54) is 12.0 Å². The topological polar surface area (TPSA) is 157 Å². The van der Waals surface area contributed by atoms with E-state index in [1.54, 1.807) is 32.9 Å². The molecule has 4 amide bonds. The molecule has 2 rings (SSSR count). The number of primary amides is 1. The van der Waals surface area contributed by atoms with Crippen LogP contribution >= 0.6 is 0 Å². The van der Waals surface area contributed by atoms with Crippen LogP contribution in [-0.2, 0) is 28.7 Å². The molecule has 1 saturated carbocycles. The predicted octanol–water partition coefficient (Wildman–Crippen LogP) is 1.39. The number of methoxy groups -OCH3 is 1. The Morgan fingerprint density at radius 3 is 2.31 bits per heavy atom. The van der Waals surface area contributed by atoms with Crippen LogP contribution in [0.1, 0.15) is 62.8 Å². The molecular weight excluding hydrogens is 468 g/mol. The minimum Gasteiger partial charge on any atom is -0.468 e. The van der Waals surface area contributed by atoms with Crippen LogP contribution in [0.2, 0.25) is 0 Å². The van der Waals surface area contributed by atoms with Crippen molar-refractivity contribution in [3.05, 3.63) is 34.9 Å². The zero-order valence-corrected chi connectivity index (χ0v) is 21.7. The van der Waals surface area contributed by atoms with Gasteiger partial charge in [-0.05, 0) is 64.2 Å². The smallest absolute Gasteiger partial charge is 0.408 e. The number of esters is 1. The van der Waals surface area contributed by atoms with Gasteiger partial charge in [0.05, 0.1) is 13.5 Å². The molecule has 0 aromatic heterocycles. The van der Waals surface area contributed by atoms with Crippen LogP contribution in [0.15, 0.2) is 18.2 Å². The largest absolute Gasteiger partial charge is 0.468 e. The molecule has 11 heteroatoms. The summed E-state index contributed by atoms with van der Waals surface area (Å²) in [5.41, 5.74) is 6.80. The number of nitrogens with one attached hydrogen (secondary N) is 2. The average Bonchev–Trinajstić information content (AvgIpc) is 3.60. The zero-order valence-electron chi connectivity index (χ0n) is 21.7. The molecule has 1 fully saturated rings.